The van der Waals surface area contributed by atoms with Crippen molar-refractivity contribution in [3.05, 3.63) is 50.4 Å². The molecule has 0 fully saturated rings. The lowest BCUT2D eigenvalue weighted by molar-refractivity contribution is -0.121. The van der Waals surface area contributed by atoms with Crippen LogP contribution in [0.2, 0.25) is 0 Å². The van der Waals surface area contributed by atoms with Crippen molar-refractivity contribution in [1.82, 2.24) is 15.3 Å². The summed E-state index contributed by atoms with van der Waals surface area (Å²) in [4.78, 5) is 35.0. The lowest BCUT2D eigenvalue weighted by Gasteiger charge is -2.33. The molecule has 1 atom stereocenters. The minimum absolute atomic E-state index is 0.0879. The smallest absolute Gasteiger partial charge is 0.259 e. The zero-order chi connectivity index (χ0) is 24.5. The Morgan fingerprint density at radius 3 is 2.76 bits per heavy atom. The van der Waals surface area contributed by atoms with Gasteiger partial charge in [-0.1, -0.05) is 20.8 Å². The van der Waals surface area contributed by atoms with Gasteiger partial charge in [0.25, 0.3) is 5.56 Å². The summed E-state index contributed by atoms with van der Waals surface area (Å²) in [6.07, 6.45) is 3.65. The normalized spacial score (nSPS) is 15.7. The van der Waals surface area contributed by atoms with Crippen LogP contribution in [0.1, 0.15) is 55.4 Å². The molecule has 1 aliphatic rings. The Bertz CT molecular complexity index is 1260. The number of amides is 1. The molecule has 7 nitrogen and oxygen atoms in total. The van der Waals surface area contributed by atoms with Crippen molar-refractivity contribution < 1.29 is 14.3 Å². The number of carbonyl (C=O) groups is 1. The SMILES string of the molecule is COc1ccc(CNC(=O)CCc2nc3sc4c(c3c(=O)[nH]2)CC[C@H](C(C)(C)C)C4)c(OC)c1. The molecule has 0 bridgehead atoms. The predicted octanol–water partition coefficient (Wildman–Crippen LogP) is 4.40. The highest BCUT2D eigenvalue weighted by Gasteiger charge is 2.31. The first-order valence-electron chi connectivity index (χ1n) is 11.7. The van der Waals surface area contributed by atoms with Crippen LogP contribution < -0.4 is 20.3 Å². The number of nitrogens with one attached hydrogen (secondary N) is 2. The van der Waals surface area contributed by atoms with Gasteiger partial charge in [0, 0.05) is 35.9 Å². The van der Waals surface area contributed by atoms with Gasteiger partial charge >= 0.3 is 0 Å². The first-order valence-corrected chi connectivity index (χ1v) is 12.5. The molecule has 3 aromatic rings. The van der Waals surface area contributed by atoms with Crippen molar-refractivity contribution in [2.24, 2.45) is 11.3 Å². The Labute approximate surface area is 203 Å². The molecule has 1 aromatic carbocycles. The number of aromatic amines is 1. The van der Waals surface area contributed by atoms with E-state index in [2.05, 4.69) is 31.1 Å². The van der Waals surface area contributed by atoms with Gasteiger partial charge in [-0.05, 0) is 48.3 Å². The molecule has 2 heterocycles. The van der Waals surface area contributed by atoms with E-state index in [4.69, 9.17) is 14.5 Å². The number of benzene rings is 1. The lowest BCUT2D eigenvalue weighted by atomic mass is 9.72. The molecule has 0 unspecified atom stereocenters. The van der Waals surface area contributed by atoms with Crippen molar-refractivity contribution in [2.45, 2.75) is 59.4 Å². The standard InChI is InChI=1S/C26H33N3O4S/c1-26(2,3)16-7-9-18-20(12-16)34-25-23(18)24(31)28-21(29-25)10-11-22(30)27-14-15-6-8-17(32-4)13-19(15)33-5/h6,8,13,16H,7,9-12,14H2,1-5H3,(H,27,30)(H,28,29,31)/t16-/m0/s1. The van der Waals surface area contributed by atoms with Gasteiger partial charge in [0.1, 0.15) is 22.2 Å². The Morgan fingerprint density at radius 2 is 2.06 bits per heavy atom. The van der Waals surface area contributed by atoms with Gasteiger partial charge < -0.3 is 19.8 Å². The molecule has 182 valence electrons. The third-order valence-electron chi connectivity index (χ3n) is 6.75. The number of hydrogen-bond acceptors (Lipinski definition) is 6. The Balaban J connectivity index is 1.41. The third-order valence-corrected chi connectivity index (χ3v) is 7.90. The van der Waals surface area contributed by atoms with Crippen LogP contribution in [0.3, 0.4) is 0 Å². The fourth-order valence-electron chi connectivity index (χ4n) is 4.60. The number of aromatic nitrogens is 2. The molecule has 1 amide bonds. The maximum atomic E-state index is 12.9. The van der Waals surface area contributed by atoms with E-state index in [-0.39, 0.29) is 23.3 Å². The topological polar surface area (TPSA) is 93.3 Å². The van der Waals surface area contributed by atoms with E-state index >= 15 is 0 Å². The predicted molar refractivity (Wildman–Crippen MR) is 135 cm³/mol. The number of nitrogens with zero attached hydrogens (tertiary/aromatic N) is 1. The Morgan fingerprint density at radius 1 is 1.26 bits per heavy atom. The van der Waals surface area contributed by atoms with E-state index in [0.717, 1.165) is 35.0 Å². The number of rotatable bonds is 7. The molecule has 0 spiro atoms. The first kappa shape index (κ1) is 24.3. The molecule has 0 radical (unpaired) electrons. The van der Waals surface area contributed by atoms with Crippen molar-refractivity contribution in [2.75, 3.05) is 14.2 Å². The highest BCUT2D eigenvalue weighted by molar-refractivity contribution is 7.18. The molecule has 2 N–H and O–H groups in total. The second-order valence-corrected chi connectivity index (χ2v) is 11.0. The van der Waals surface area contributed by atoms with Crippen molar-refractivity contribution in [1.29, 1.82) is 0 Å². The summed E-state index contributed by atoms with van der Waals surface area (Å²) in [5, 5.41) is 3.66. The van der Waals surface area contributed by atoms with Crippen LogP contribution in [0.15, 0.2) is 23.0 Å². The molecule has 2 aromatic heterocycles. The quantitative estimate of drug-likeness (QED) is 0.520. The van der Waals surface area contributed by atoms with Crippen LogP contribution in [0.25, 0.3) is 10.2 Å². The Hall–Kier alpha value is -2.87. The van der Waals surface area contributed by atoms with Gasteiger partial charge in [-0.25, -0.2) is 4.98 Å². The number of H-pyrrole nitrogens is 1. The van der Waals surface area contributed by atoms with Crippen LogP contribution in [-0.4, -0.2) is 30.1 Å². The second kappa shape index (κ2) is 9.78. The van der Waals surface area contributed by atoms with Crippen LogP contribution in [0, 0.1) is 11.3 Å². The molecule has 0 saturated carbocycles. The van der Waals surface area contributed by atoms with Gasteiger partial charge in [0.05, 0.1) is 19.6 Å². The lowest BCUT2D eigenvalue weighted by Crippen LogP contribution is -2.26. The molecule has 34 heavy (non-hydrogen) atoms. The van der Waals surface area contributed by atoms with E-state index < -0.39 is 0 Å². The van der Waals surface area contributed by atoms with Crippen LogP contribution in [-0.2, 0) is 30.6 Å². The number of ether oxygens (including phenoxy) is 2. The van der Waals surface area contributed by atoms with Crippen LogP contribution in [0.5, 0.6) is 11.5 Å². The van der Waals surface area contributed by atoms with E-state index in [1.165, 1.54) is 10.4 Å². The highest BCUT2D eigenvalue weighted by Crippen LogP contribution is 2.42. The molecule has 1 aliphatic carbocycles. The van der Waals surface area contributed by atoms with E-state index in [0.29, 0.717) is 36.2 Å². The number of aryl methyl sites for hydroxylation is 2. The van der Waals surface area contributed by atoms with Crippen LogP contribution in [0.4, 0.5) is 0 Å². The fraction of sp³-hybridized carbons (Fsp3) is 0.500. The molecule has 0 aliphatic heterocycles. The van der Waals surface area contributed by atoms with Crippen LogP contribution >= 0.6 is 11.3 Å². The summed E-state index contributed by atoms with van der Waals surface area (Å²) in [6.45, 7) is 7.21. The van der Waals surface area contributed by atoms with E-state index in [1.807, 2.05) is 12.1 Å². The summed E-state index contributed by atoms with van der Waals surface area (Å²) < 4.78 is 10.6. The summed E-state index contributed by atoms with van der Waals surface area (Å²) in [6, 6.07) is 5.49. The van der Waals surface area contributed by atoms with Crippen molar-refractivity contribution >= 4 is 27.5 Å². The van der Waals surface area contributed by atoms with Gasteiger partial charge in [0.15, 0.2) is 0 Å². The summed E-state index contributed by atoms with van der Waals surface area (Å²) in [5.41, 5.74) is 2.20. The maximum absolute atomic E-state index is 12.9. The average Bonchev–Trinajstić information content (AvgIpc) is 3.18. The molecular weight excluding hydrogens is 450 g/mol. The number of methoxy groups -OCH3 is 2. The molecule has 0 saturated heterocycles. The molecule has 8 heteroatoms. The first-order chi connectivity index (χ1) is 16.2. The van der Waals surface area contributed by atoms with Crippen molar-refractivity contribution in [3.8, 4) is 11.5 Å². The van der Waals surface area contributed by atoms with Gasteiger partial charge in [-0.2, -0.15) is 0 Å². The zero-order valence-corrected chi connectivity index (χ0v) is 21.4. The van der Waals surface area contributed by atoms with E-state index in [9.17, 15) is 9.59 Å². The largest absolute Gasteiger partial charge is 0.497 e. The second-order valence-electron chi connectivity index (χ2n) is 9.96. The van der Waals surface area contributed by atoms with Gasteiger partial charge in [0.2, 0.25) is 5.91 Å². The summed E-state index contributed by atoms with van der Waals surface area (Å²) in [7, 11) is 3.18. The zero-order valence-electron chi connectivity index (χ0n) is 20.5. The fourth-order valence-corrected chi connectivity index (χ4v) is 5.92. The third kappa shape index (κ3) is 5.12. The van der Waals surface area contributed by atoms with Gasteiger partial charge in [-0.15, -0.1) is 11.3 Å². The van der Waals surface area contributed by atoms with Gasteiger partial charge in [-0.3, -0.25) is 9.59 Å². The molecular formula is C26H33N3O4S. The minimum atomic E-state index is -0.112. The van der Waals surface area contributed by atoms with Crippen molar-refractivity contribution in [3.63, 3.8) is 0 Å². The van der Waals surface area contributed by atoms with E-state index in [1.54, 1.807) is 31.6 Å². The number of thiophene rings is 1. The number of carbonyl (C=O) groups excluding carboxylic acids is 1. The maximum Gasteiger partial charge on any atom is 0.259 e. The minimum Gasteiger partial charge on any atom is -0.497 e. The average molecular weight is 484 g/mol. The number of hydrogen-bond donors (Lipinski definition) is 2. The summed E-state index contributed by atoms with van der Waals surface area (Å²) in [5.74, 6) is 2.41. The Kier molecular flexibility index (Phi) is 6.98. The monoisotopic (exact) mass is 483 g/mol. The number of fused-ring (bicyclic) bond motifs is 3. The summed E-state index contributed by atoms with van der Waals surface area (Å²) >= 11 is 1.64. The molecule has 4 rings (SSSR count). The highest BCUT2D eigenvalue weighted by atomic mass is 32.1.